The van der Waals surface area contributed by atoms with Crippen LogP contribution < -0.4 is 0 Å². The van der Waals surface area contributed by atoms with Gasteiger partial charge < -0.3 is 9.90 Å². The van der Waals surface area contributed by atoms with E-state index in [1.165, 1.54) is 6.92 Å². The SMILES string of the molecule is C/C=C/CCC(C)(O)C=O. The van der Waals surface area contributed by atoms with Crippen LogP contribution >= 0.6 is 0 Å². The minimum Gasteiger partial charge on any atom is -0.383 e. The first kappa shape index (κ1) is 9.37. The number of rotatable bonds is 4. The van der Waals surface area contributed by atoms with E-state index in [1.807, 2.05) is 19.1 Å². The molecule has 0 amide bonds. The summed E-state index contributed by atoms with van der Waals surface area (Å²) in [6.07, 6.45) is 5.67. The highest BCUT2D eigenvalue weighted by Crippen LogP contribution is 2.08. The van der Waals surface area contributed by atoms with Crippen molar-refractivity contribution in [3.63, 3.8) is 0 Å². The smallest absolute Gasteiger partial charge is 0.151 e. The lowest BCUT2D eigenvalue weighted by Gasteiger charge is -2.12. The Morgan fingerprint density at radius 3 is 2.60 bits per heavy atom. The van der Waals surface area contributed by atoms with Gasteiger partial charge in [-0.2, -0.15) is 0 Å². The highest BCUT2D eigenvalue weighted by atomic mass is 16.3. The standard InChI is InChI=1S/C8H14O2/c1-3-4-5-6-8(2,10)7-9/h3-4,7,10H,5-6H2,1-2H3/b4-3+. The Labute approximate surface area is 61.6 Å². The number of allylic oxidation sites excluding steroid dienone is 2. The van der Waals surface area contributed by atoms with Gasteiger partial charge >= 0.3 is 0 Å². The maximum Gasteiger partial charge on any atom is 0.151 e. The molecule has 0 aromatic rings. The average Bonchev–Trinajstić information content (AvgIpc) is 1.89. The Morgan fingerprint density at radius 1 is 1.60 bits per heavy atom. The highest BCUT2D eigenvalue weighted by Gasteiger charge is 2.16. The van der Waals surface area contributed by atoms with Crippen LogP contribution in [0.15, 0.2) is 12.2 Å². The number of aldehydes is 1. The van der Waals surface area contributed by atoms with Gasteiger partial charge in [0.15, 0.2) is 6.29 Å². The zero-order valence-corrected chi connectivity index (χ0v) is 6.50. The highest BCUT2D eigenvalue weighted by molar-refractivity contribution is 5.60. The van der Waals surface area contributed by atoms with Gasteiger partial charge in [-0.25, -0.2) is 0 Å². The molecule has 0 radical (unpaired) electrons. The summed E-state index contributed by atoms with van der Waals surface area (Å²) in [7, 11) is 0. The van der Waals surface area contributed by atoms with Gasteiger partial charge in [0.25, 0.3) is 0 Å². The van der Waals surface area contributed by atoms with Crippen molar-refractivity contribution in [1.82, 2.24) is 0 Å². The number of hydrogen-bond donors (Lipinski definition) is 1. The predicted molar refractivity (Wildman–Crippen MR) is 40.7 cm³/mol. The van der Waals surface area contributed by atoms with E-state index in [4.69, 9.17) is 5.11 Å². The molecular weight excluding hydrogens is 128 g/mol. The minimum absolute atomic E-state index is 0.501. The van der Waals surface area contributed by atoms with Gasteiger partial charge in [0.05, 0.1) is 0 Å². The molecule has 58 valence electrons. The Bertz CT molecular complexity index is 125. The van der Waals surface area contributed by atoms with Crippen molar-refractivity contribution in [2.75, 3.05) is 0 Å². The second-order valence-corrected chi connectivity index (χ2v) is 2.58. The van der Waals surface area contributed by atoms with E-state index in [1.54, 1.807) is 0 Å². The van der Waals surface area contributed by atoms with E-state index >= 15 is 0 Å². The molecule has 0 aliphatic heterocycles. The second kappa shape index (κ2) is 4.23. The normalized spacial score (nSPS) is 17.1. The van der Waals surface area contributed by atoms with Gasteiger partial charge in [-0.3, -0.25) is 0 Å². The first-order valence-corrected chi connectivity index (χ1v) is 3.42. The van der Waals surface area contributed by atoms with Crippen molar-refractivity contribution in [2.45, 2.75) is 32.3 Å². The molecule has 0 bridgehead atoms. The first-order valence-electron chi connectivity index (χ1n) is 3.42. The number of hydrogen-bond acceptors (Lipinski definition) is 2. The van der Waals surface area contributed by atoms with Crippen LogP contribution in [0.25, 0.3) is 0 Å². The van der Waals surface area contributed by atoms with Crippen LogP contribution in [0.2, 0.25) is 0 Å². The van der Waals surface area contributed by atoms with Crippen molar-refractivity contribution in [3.05, 3.63) is 12.2 Å². The van der Waals surface area contributed by atoms with Crippen LogP contribution in [0.4, 0.5) is 0 Å². The summed E-state index contributed by atoms with van der Waals surface area (Å²) in [5.41, 5.74) is -1.14. The molecule has 0 fully saturated rings. The molecule has 0 spiro atoms. The Hall–Kier alpha value is -0.630. The fourth-order valence-electron chi connectivity index (χ4n) is 0.601. The van der Waals surface area contributed by atoms with Crippen molar-refractivity contribution >= 4 is 6.29 Å². The molecule has 2 nitrogen and oxygen atoms in total. The maximum atomic E-state index is 10.1. The Kier molecular flexibility index (Phi) is 3.96. The molecule has 0 saturated carbocycles. The van der Waals surface area contributed by atoms with E-state index in [0.29, 0.717) is 12.7 Å². The molecular formula is C8H14O2. The molecule has 1 atom stereocenters. The summed E-state index contributed by atoms with van der Waals surface area (Å²) in [4.78, 5) is 10.1. The predicted octanol–water partition coefficient (Wildman–Crippen LogP) is 1.29. The number of aliphatic hydroxyl groups is 1. The van der Waals surface area contributed by atoms with Crippen molar-refractivity contribution < 1.29 is 9.90 Å². The van der Waals surface area contributed by atoms with E-state index in [9.17, 15) is 4.79 Å². The van der Waals surface area contributed by atoms with Crippen molar-refractivity contribution in [3.8, 4) is 0 Å². The molecule has 0 aliphatic carbocycles. The van der Waals surface area contributed by atoms with E-state index in [0.717, 1.165) is 6.42 Å². The topological polar surface area (TPSA) is 37.3 Å². The largest absolute Gasteiger partial charge is 0.383 e. The third-order valence-electron chi connectivity index (χ3n) is 1.31. The Morgan fingerprint density at radius 2 is 2.20 bits per heavy atom. The summed E-state index contributed by atoms with van der Waals surface area (Å²) >= 11 is 0. The fraction of sp³-hybridized carbons (Fsp3) is 0.625. The van der Waals surface area contributed by atoms with Crippen LogP contribution in [0.5, 0.6) is 0 Å². The lowest BCUT2D eigenvalue weighted by atomic mass is 10.0. The molecule has 1 N–H and O–H groups in total. The molecule has 0 aliphatic rings. The lowest BCUT2D eigenvalue weighted by molar-refractivity contribution is -0.122. The zero-order valence-electron chi connectivity index (χ0n) is 6.50. The van der Waals surface area contributed by atoms with Gasteiger partial charge in [-0.1, -0.05) is 12.2 Å². The van der Waals surface area contributed by atoms with Gasteiger partial charge in [0, 0.05) is 0 Å². The maximum absolute atomic E-state index is 10.1. The molecule has 0 aromatic carbocycles. The lowest BCUT2D eigenvalue weighted by Crippen LogP contribution is -2.25. The summed E-state index contributed by atoms with van der Waals surface area (Å²) in [6, 6.07) is 0. The fourth-order valence-corrected chi connectivity index (χ4v) is 0.601. The number of carbonyl (C=O) groups is 1. The number of carbonyl (C=O) groups excluding carboxylic acids is 1. The van der Waals surface area contributed by atoms with Crippen LogP contribution in [-0.2, 0) is 4.79 Å². The van der Waals surface area contributed by atoms with Gasteiger partial charge in [-0.15, -0.1) is 0 Å². The van der Waals surface area contributed by atoms with E-state index in [2.05, 4.69) is 0 Å². The second-order valence-electron chi connectivity index (χ2n) is 2.58. The average molecular weight is 142 g/mol. The van der Waals surface area contributed by atoms with Gasteiger partial charge in [0.2, 0.25) is 0 Å². The van der Waals surface area contributed by atoms with Gasteiger partial charge in [0.1, 0.15) is 5.60 Å². The summed E-state index contributed by atoms with van der Waals surface area (Å²) in [6.45, 7) is 3.43. The molecule has 0 rings (SSSR count). The van der Waals surface area contributed by atoms with E-state index < -0.39 is 5.60 Å². The van der Waals surface area contributed by atoms with E-state index in [-0.39, 0.29) is 0 Å². The van der Waals surface area contributed by atoms with Crippen LogP contribution in [0, 0.1) is 0 Å². The molecule has 1 unspecified atom stereocenters. The third kappa shape index (κ3) is 4.27. The van der Waals surface area contributed by atoms with Crippen molar-refractivity contribution in [1.29, 1.82) is 0 Å². The molecule has 10 heavy (non-hydrogen) atoms. The van der Waals surface area contributed by atoms with Crippen LogP contribution in [0.1, 0.15) is 26.7 Å². The van der Waals surface area contributed by atoms with Gasteiger partial charge in [-0.05, 0) is 26.7 Å². The minimum atomic E-state index is -1.14. The third-order valence-corrected chi connectivity index (χ3v) is 1.31. The van der Waals surface area contributed by atoms with Crippen molar-refractivity contribution in [2.24, 2.45) is 0 Å². The summed E-state index contributed by atoms with van der Waals surface area (Å²) in [5, 5.41) is 9.15. The monoisotopic (exact) mass is 142 g/mol. The zero-order chi connectivity index (χ0) is 8.04. The van der Waals surface area contributed by atoms with Crippen LogP contribution in [-0.4, -0.2) is 17.0 Å². The first-order chi connectivity index (χ1) is 4.62. The molecule has 0 aromatic heterocycles. The summed E-state index contributed by atoms with van der Waals surface area (Å²) < 4.78 is 0. The molecule has 2 heteroatoms. The quantitative estimate of drug-likeness (QED) is 0.474. The molecule has 0 saturated heterocycles. The van der Waals surface area contributed by atoms with Crippen LogP contribution in [0.3, 0.4) is 0 Å². The Balaban J connectivity index is 3.56. The summed E-state index contributed by atoms with van der Waals surface area (Å²) in [5.74, 6) is 0. The molecule has 0 heterocycles.